The minimum absolute atomic E-state index is 0.0695. The molecule has 0 aromatic carbocycles. The minimum atomic E-state index is -0.0695. The fraction of sp³-hybridized carbons (Fsp3) is 0.357. The molecule has 2 atom stereocenters. The van der Waals surface area contributed by atoms with Crippen LogP contribution in [0.2, 0.25) is 0 Å². The molecule has 1 N–H and O–H groups in total. The van der Waals surface area contributed by atoms with E-state index in [2.05, 4.69) is 23.2 Å². The maximum Gasteiger partial charge on any atom is 0.0986 e. The summed E-state index contributed by atoms with van der Waals surface area (Å²) in [6, 6.07) is 5.79. The van der Waals surface area contributed by atoms with Crippen LogP contribution in [0.25, 0.3) is 0 Å². The van der Waals surface area contributed by atoms with Crippen LogP contribution in [0.15, 0.2) is 48.2 Å². The first-order chi connectivity index (χ1) is 8.36. The Morgan fingerprint density at radius 2 is 2.29 bits per heavy atom. The van der Waals surface area contributed by atoms with E-state index in [1.165, 1.54) is 10.6 Å². The predicted octanol–water partition coefficient (Wildman–Crippen LogP) is 2.72. The number of nitrogens with zero attached hydrogens (tertiary/aromatic N) is 2. The van der Waals surface area contributed by atoms with Crippen LogP contribution in [0.5, 0.6) is 0 Å². The van der Waals surface area contributed by atoms with Crippen molar-refractivity contribution in [3.63, 3.8) is 0 Å². The quantitative estimate of drug-likeness (QED) is 0.803. The summed E-state index contributed by atoms with van der Waals surface area (Å²) < 4.78 is 0. The molecule has 1 saturated heterocycles. The van der Waals surface area contributed by atoms with Crippen LogP contribution < -0.4 is 0 Å². The first-order valence-electron chi connectivity index (χ1n) is 6.09. The maximum absolute atomic E-state index is 10.1. The Kier molecular flexibility index (Phi) is 2.79. The zero-order valence-electron chi connectivity index (χ0n) is 9.66. The fourth-order valence-corrected chi connectivity index (χ4v) is 2.74. The third-order valence-electron chi connectivity index (χ3n) is 3.61. The van der Waals surface area contributed by atoms with Crippen LogP contribution in [0.3, 0.4) is 0 Å². The summed E-state index contributed by atoms with van der Waals surface area (Å²) in [6.07, 6.45) is 10.3. The number of allylic oxidation sites excluding steroid dienone is 3. The van der Waals surface area contributed by atoms with Crippen molar-refractivity contribution < 1.29 is 5.21 Å². The first-order valence-corrected chi connectivity index (χ1v) is 6.09. The number of piperidine rings is 1. The maximum atomic E-state index is 10.1. The molecule has 2 aliphatic rings. The van der Waals surface area contributed by atoms with E-state index >= 15 is 0 Å². The molecule has 3 heteroatoms. The van der Waals surface area contributed by atoms with E-state index in [0.29, 0.717) is 5.92 Å². The molecule has 3 rings (SSSR count). The summed E-state index contributed by atoms with van der Waals surface area (Å²) in [5.41, 5.74) is 2.22. The summed E-state index contributed by atoms with van der Waals surface area (Å²) in [7, 11) is 0. The normalized spacial score (nSPS) is 28.6. The molecule has 1 fully saturated rings. The van der Waals surface area contributed by atoms with Crippen molar-refractivity contribution >= 4 is 0 Å². The van der Waals surface area contributed by atoms with Crippen molar-refractivity contribution in [2.75, 3.05) is 6.54 Å². The van der Waals surface area contributed by atoms with Gasteiger partial charge in [0.05, 0.1) is 11.7 Å². The van der Waals surface area contributed by atoms with Gasteiger partial charge in [-0.05, 0) is 36.5 Å². The minimum Gasteiger partial charge on any atom is -0.313 e. The smallest absolute Gasteiger partial charge is 0.0986 e. The molecule has 0 spiro atoms. The molecular formula is C14H16N2O. The Balaban J connectivity index is 2.00. The highest BCUT2D eigenvalue weighted by atomic mass is 16.5. The highest BCUT2D eigenvalue weighted by Gasteiger charge is 2.34. The standard InChI is InChI=1S/C14H16N2O/c17-16-10-8-11-5-1-2-6-12(11)14(16)13-7-3-4-9-15-13/h1-4,6-7,9,11,14,17H,5,8,10H2. The van der Waals surface area contributed by atoms with Gasteiger partial charge >= 0.3 is 0 Å². The van der Waals surface area contributed by atoms with Gasteiger partial charge in [-0.15, -0.1) is 0 Å². The van der Waals surface area contributed by atoms with Crippen LogP contribution >= 0.6 is 0 Å². The van der Waals surface area contributed by atoms with Gasteiger partial charge in [0.25, 0.3) is 0 Å². The van der Waals surface area contributed by atoms with Crippen molar-refractivity contribution in [2.45, 2.75) is 18.9 Å². The van der Waals surface area contributed by atoms with Gasteiger partial charge in [0.15, 0.2) is 0 Å². The summed E-state index contributed by atoms with van der Waals surface area (Å²) in [5.74, 6) is 0.565. The van der Waals surface area contributed by atoms with Gasteiger partial charge in [0.1, 0.15) is 0 Å². The lowest BCUT2D eigenvalue weighted by atomic mass is 9.80. The molecule has 2 unspecified atom stereocenters. The molecule has 88 valence electrons. The van der Waals surface area contributed by atoms with Gasteiger partial charge in [-0.2, -0.15) is 5.06 Å². The van der Waals surface area contributed by atoms with Crippen LogP contribution in [0, 0.1) is 5.92 Å². The molecule has 1 aliphatic carbocycles. The zero-order valence-corrected chi connectivity index (χ0v) is 9.66. The second kappa shape index (κ2) is 4.43. The predicted molar refractivity (Wildman–Crippen MR) is 65.4 cm³/mol. The Labute approximate surface area is 101 Å². The monoisotopic (exact) mass is 228 g/mol. The van der Waals surface area contributed by atoms with Crippen molar-refractivity contribution in [3.8, 4) is 0 Å². The van der Waals surface area contributed by atoms with E-state index in [9.17, 15) is 5.21 Å². The molecule has 0 radical (unpaired) electrons. The van der Waals surface area contributed by atoms with Gasteiger partial charge in [0, 0.05) is 12.7 Å². The lowest BCUT2D eigenvalue weighted by Gasteiger charge is -2.38. The molecule has 2 heterocycles. The molecular weight excluding hydrogens is 212 g/mol. The summed E-state index contributed by atoms with van der Waals surface area (Å²) >= 11 is 0. The highest BCUT2D eigenvalue weighted by molar-refractivity contribution is 5.31. The van der Waals surface area contributed by atoms with E-state index in [4.69, 9.17) is 0 Å². The molecule has 1 aromatic rings. The average Bonchev–Trinajstić information content (AvgIpc) is 2.39. The lowest BCUT2D eigenvalue weighted by Crippen LogP contribution is -2.37. The second-order valence-electron chi connectivity index (χ2n) is 4.64. The van der Waals surface area contributed by atoms with E-state index in [1.54, 1.807) is 6.20 Å². The van der Waals surface area contributed by atoms with Gasteiger partial charge in [-0.3, -0.25) is 4.98 Å². The molecule has 17 heavy (non-hydrogen) atoms. The Morgan fingerprint density at radius 3 is 3.12 bits per heavy atom. The van der Waals surface area contributed by atoms with Gasteiger partial charge in [-0.1, -0.05) is 24.3 Å². The van der Waals surface area contributed by atoms with E-state index in [1.807, 2.05) is 18.2 Å². The lowest BCUT2D eigenvalue weighted by molar-refractivity contribution is -0.134. The van der Waals surface area contributed by atoms with Gasteiger partial charge in [-0.25, -0.2) is 0 Å². The van der Waals surface area contributed by atoms with Gasteiger partial charge in [0.2, 0.25) is 0 Å². The summed E-state index contributed by atoms with van der Waals surface area (Å²) in [6.45, 7) is 0.719. The number of fused-ring (bicyclic) bond motifs is 1. The zero-order chi connectivity index (χ0) is 11.7. The SMILES string of the molecule is ON1CCC2CC=CC=C2C1c1ccccn1. The molecule has 3 nitrogen and oxygen atoms in total. The highest BCUT2D eigenvalue weighted by Crippen LogP contribution is 2.40. The third kappa shape index (κ3) is 1.92. The number of aromatic nitrogens is 1. The Morgan fingerprint density at radius 1 is 1.35 bits per heavy atom. The summed E-state index contributed by atoms with van der Waals surface area (Å²) in [5, 5.41) is 11.5. The van der Waals surface area contributed by atoms with Gasteiger partial charge < -0.3 is 5.21 Å². The number of pyridine rings is 1. The van der Waals surface area contributed by atoms with Crippen LogP contribution in [0.1, 0.15) is 24.6 Å². The van der Waals surface area contributed by atoms with Crippen LogP contribution in [-0.4, -0.2) is 21.8 Å². The number of hydroxylamine groups is 2. The van der Waals surface area contributed by atoms with Crippen molar-refractivity contribution in [2.24, 2.45) is 5.92 Å². The molecule has 1 aliphatic heterocycles. The Bertz CT molecular complexity index is 453. The average molecular weight is 228 g/mol. The summed E-state index contributed by atoms with van der Waals surface area (Å²) in [4.78, 5) is 4.38. The van der Waals surface area contributed by atoms with Crippen molar-refractivity contribution in [3.05, 3.63) is 53.9 Å². The van der Waals surface area contributed by atoms with E-state index in [0.717, 1.165) is 25.1 Å². The molecule has 0 bridgehead atoms. The molecule has 0 amide bonds. The second-order valence-corrected chi connectivity index (χ2v) is 4.64. The van der Waals surface area contributed by atoms with Crippen molar-refractivity contribution in [1.82, 2.24) is 10.0 Å². The Hall–Kier alpha value is -1.45. The first kappa shape index (κ1) is 10.7. The number of rotatable bonds is 1. The van der Waals surface area contributed by atoms with Crippen molar-refractivity contribution in [1.29, 1.82) is 0 Å². The largest absolute Gasteiger partial charge is 0.313 e. The van der Waals surface area contributed by atoms with Crippen LogP contribution in [0.4, 0.5) is 0 Å². The van der Waals surface area contributed by atoms with E-state index < -0.39 is 0 Å². The van der Waals surface area contributed by atoms with E-state index in [-0.39, 0.29) is 6.04 Å². The topological polar surface area (TPSA) is 36.4 Å². The number of hydrogen-bond donors (Lipinski definition) is 1. The number of hydrogen-bond acceptors (Lipinski definition) is 3. The third-order valence-corrected chi connectivity index (χ3v) is 3.61. The van der Waals surface area contributed by atoms with Crippen LogP contribution in [-0.2, 0) is 0 Å². The molecule has 0 saturated carbocycles. The fourth-order valence-electron chi connectivity index (χ4n) is 2.74. The molecule has 1 aromatic heterocycles.